The summed E-state index contributed by atoms with van der Waals surface area (Å²) in [5, 5.41) is 0.536. The molecule has 23 heavy (non-hydrogen) atoms. The molecule has 6 heteroatoms. The van der Waals surface area contributed by atoms with Gasteiger partial charge in [0.05, 0.1) is 12.7 Å². The maximum Gasteiger partial charge on any atom is 0.257 e. The molecule has 1 aliphatic heterocycles. The van der Waals surface area contributed by atoms with Crippen LogP contribution in [0.25, 0.3) is 0 Å². The summed E-state index contributed by atoms with van der Waals surface area (Å²) < 4.78 is 10.8. The Morgan fingerprint density at radius 2 is 2.00 bits per heavy atom. The van der Waals surface area contributed by atoms with E-state index in [1.54, 1.807) is 25.3 Å². The molecule has 1 heterocycles. The summed E-state index contributed by atoms with van der Waals surface area (Å²) in [5.74, 6) is 0.527. The van der Waals surface area contributed by atoms with Gasteiger partial charge in [-0.3, -0.25) is 4.79 Å². The van der Waals surface area contributed by atoms with Crippen LogP contribution in [-0.4, -0.2) is 69.3 Å². The molecule has 1 aromatic rings. The number of hydrogen-bond donors (Lipinski definition) is 0. The molecule has 0 saturated carbocycles. The van der Waals surface area contributed by atoms with E-state index in [0.29, 0.717) is 36.1 Å². The van der Waals surface area contributed by atoms with Crippen LogP contribution in [0.15, 0.2) is 18.2 Å². The summed E-state index contributed by atoms with van der Waals surface area (Å²) in [6.45, 7) is 2.88. The van der Waals surface area contributed by atoms with Crippen molar-refractivity contribution in [2.45, 2.75) is 18.9 Å². The van der Waals surface area contributed by atoms with Gasteiger partial charge in [-0.1, -0.05) is 11.6 Å². The first-order valence-electron chi connectivity index (χ1n) is 7.90. The van der Waals surface area contributed by atoms with Gasteiger partial charge in [-0.15, -0.1) is 0 Å². The highest BCUT2D eigenvalue weighted by Gasteiger charge is 2.28. The number of amides is 1. The number of hydrogen-bond acceptors (Lipinski definition) is 4. The van der Waals surface area contributed by atoms with Crippen molar-refractivity contribution in [3.8, 4) is 5.75 Å². The van der Waals surface area contributed by atoms with Crippen LogP contribution >= 0.6 is 11.6 Å². The normalized spacial score (nSPS) is 15.7. The fraction of sp³-hybridized carbons (Fsp3) is 0.588. The van der Waals surface area contributed by atoms with Gasteiger partial charge in [0.15, 0.2) is 0 Å². The molecule has 2 rings (SSSR count). The quantitative estimate of drug-likeness (QED) is 0.798. The Morgan fingerprint density at radius 3 is 2.61 bits per heavy atom. The monoisotopic (exact) mass is 340 g/mol. The van der Waals surface area contributed by atoms with Gasteiger partial charge in [-0.05, 0) is 45.1 Å². The van der Waals surface area contributed by atoms with E-state index < -0.39 is 0 Å². The molecule has 1 amide bonds. The Kier molecular flexibility index (Phi) is 6.69. The zero-order valence-electron chi connectivity index (χ0n) is 14.0. The van der Waals surface area contributed by atoms with E-state index in [0.717, 1.165) is 19.4 Å². The van der Waals surface area contributed by atoms with Gasteiger partial charge in [0.2, 0.25) is 0 Å². The second-order valence-electron chi connectivity index (χ2n) is 5.99. The lowest BCUT2D eigenvalue weighted by atomic mass is 10.0. The van der Waals surface area contributed by atoms with Crippen molar-refractivity contribution in [1.29, 1.82) is 0 Å². The van der Waals surface area contributed by atoms with E-state index >= 15 is 0 Å². The van der Waals surface area contributed by atoms with E-state index in [9.17, 15) is 4.79 Å². The standard InChI is InChI=1S/C17H25ClN2O3/c1-19(2)8-9-20(14-6-10-23-11-7-14)17(21)15-12-13(18)4-5-16(15)22-3/h4-5,12,14H,6-11H2,1-3H3. The molecule has 0 N–H and O–H groups in total. The number of benzene rings is 1. The second kappa shape index (κ2) is 8.52. The molecule has 5 nitrogen and oxygen atoms in total. The summed E-state index contributed by atoms with van der Waals surface area (Å²) in [5.41, 5.74) is 0.519. The minimum absolute atomic E-state index is 0.0295. The summed E-state index contributed by atoms with van der Waals surface area (Å²) in [4.78, 5) is 17.1. The van der Waals surface area contributed by atoms with Crippen LogP contribution in [0.3, 0.4) is 0 Å². The molecule has 0 radical (unpaired) electrons. The maximum absolute atomic E-state index is 13.1. The minimum Gasteiger partial charge on any atom is -0.496 e. The highest BCUT2D eigenvalue weighted by Crippen LogP contribution is 2.26. The predicted molar refractivity (Wildman–Crippen MR) is 91.4 cm³/mol. The number of carbonyl (C=O) groups is 1. The van der Waals surface area contributed by atoms with E-state index in [-0.39, 0.29) is 11.9 Å². The van der Waals surface area contributed by atoms with E-state index in [1.807, 2.05) is 19.0 Å². The summed E-state index contributed by atoms with van der Waals surface area (Å²) in [6, 6.07) is 5.35. The largest absolute Gasteiger partial charge is 0.496 e. The van der Waals surface area contributed by atoms with Crippen molar-refractivity contribution in [3.05, 3.63) is 28.8 Å². The highest BCUT2D eigenvalue weighted by atomic mass is 35.5. The van der Waals surface area contributed by atoms with Crippen LogP contribution in [0.5, 0.6) is 5.75 Å². The van der Waals surface area contributed by atoms with Crippen LogP contribution in [0.2, 0.25) is 5.02 Å². The molecule has 1 saturated heterocycles. The Hall–Kier alpha value is -1.30. The molecule has 0 aromatic heterocycles. The Balaban J connectivity index is 2.25. The van der Waals surface area contributed by atoms with Gasteiger partial charge >= 0.3 is 0 Å². The lowest BCUT2D eigenvalue weighted by molar-refractivity contribution is 0.0274. The van der Waals surface area contributed by atoms with E-state index in [2.05, 4.69) is 4.90 Å². The SMILES string of the molecule is COc1ccc(Cl)cc1C(=O)N(CCN(C)C)C1CCOCC1. The van der Waals surface area contributed by atoms with Crippen LogP contribution < -0.4 is 4.74 Å². The Morgan fingerprint density at radius 1 is 1.30 bits per heavy atom. The zero-order chi connectivity index (χ0) is 16.8. The van der Waals surface area contributed by atoms with Gasteiger partial charge in [0.25, 0.3) is 5.91 Å². The number of ether oxygens (including phenoxy) is 2. The molecular formula is C17H25ClN2O3. The van der Waals surface area contributed by atoms with Gasteiger partial charge in [0.1, 0.15) is 5.75 Å². The van der Waals surface area contributed by atoms with E-state index in [4.69, 9.17) is 21.1 Å². The zero-order valence-corrected chi connectivity index (χ0v) is 14.8. The molecular weight excluding hydrogens is 316 g/mol. The summed E-state index contributed by atoms with van der Waals surface area (Å²) >= 11 is 6.08. The Bertz CT molecular complexity index is 531. The van der Waals surface area contributed by atoms with Gasteiger partial charge < -0.3 is 19.3 Å². The lowest BCUT2D eigenvalue weighted by Crippen LogP contribution is -2.46. The van der Waals surface area contributed by atoms with Crippen LogP contribution in [0, 0.1) is 0 Å². The van der Waals surface area contributed by atoms with Crippen molar-refractivity contribution in [2.24, 2.45) is 0 Å². The first kappa shape index (κ1) is 18.0. The number of carbonyl (C=O) groups excluding carboxylic acids is 1. The summed E-state index contributed by atoms with van der Waals surface area (Å²) in [6.07, 6.45) is 1.73. The van der Waals surface area contributed by atoms with E-state index in [1.165, 1.54) is 0 Å². The van der Waals surface area contributed by atoms with Crippen molar-refractivity contribution in [2.75, 3.05) is 47.5 Å². The van der Waals surface area contributed by atoms with Gasteiger partial charge in [-0.2, -0.15) is 0 Å². The first-order valence-corrected chi connectivity index (χ1v) is 8.27. The molecule has 0 unspecified atom stereocenters. The number of nitrogens with zero attached hydrogens (tertiary/aromatic N) is 2. The molecule has 1 fully saturated rings. The van der Waals surface area contributed by atoms with Crippen LogP contribution in [-0.2, 0) is 4.74 Å². The fourth-order valence-corrected chi connectivity index (χ4v) is 2.93. The van der Waals surface area contributed by atoms with Gasteiger partial charge in [0, 0.05) is 37.4 Å². The van der Waals surface area contributed by atoms with Crippen LogP contribution in [0.1, 0.15) is 23.2 Å². The van der Waals surface area contributed by atoms with Crippen molar-refractivity contribution in [3.63, 3.8) is 0 Å². The molecule has 1 aliphatic rings. The minimum atomic E-state index is -0.0295. The van der Waals surface area contributed by atoms with Gasteiger partial charge in [-0.25, -0.2) is 0 Å². The number of halogens is 1. The third kappa shape index (κ3) is 4.83. The fourth-order valence-electron chi connectivity index (χ4n) is 2.76. The molecule has 0 atom stereocenters. The number of methoxy groups -OCH3 is 1. The topological polar surface area (TPSA) is 42.0 Å². The van der Waals surface area contributed by atoms with Crippen molar-refractivity contribution in [1.82, 2.24) is 9.80 Å². The average Bonchev–Trinajstić information content (AvgIpc) is 2.55. The maximum atomic E-state index is 13.1. The molecule has 128 valence electrons. The number of rotatable bonds is 6. The molecule has 1 aromatic carbocycles. The molecule has 0 aliphatic carbocycles. The Labute approximate surface area is 143 Å². The van der Waals surface area contributed by atoms with Crippen LogP contribution in [0.4, 0.5) is 0 Å². The third-order valence-electron chi connectivity index (χ3n) is 4.07. The first-order chi connectivity index (χ1) is 11.0. The molecule has 0 bridgehead atoms. The third-order valence-corrected chi connectivity index (χ3v) is 4.31. The smallest absolute Gasteiger partial charge is 0.257 e. The molecule has 0 spiro atoms. The lowest BCUT2D eigenvalue weighted by Gasteiger charge is -2.35. The van der Waals surface area contributed by atoms with Crippen molar-refractivity contribution >= 4 is 17.5 Å². The highest BCUT2D eigenvalue weighted by molar-refractivity contribution is 6.31. The number of likely N-dealkylation sites (N-methyl/N-ethyl adjacent to an activating group) is 1. The second-order valence-corrected chi connectivity index (χ2v) is 6.43. The average molecular weight is 341 g/mol. The van der Waals surface area contributed by atoms with Crippen molar-refractivity contribution < 1.29 is 14.3 Å². The predicted octanol–water partition coefficient (Wildman–Crippen LogP) is 2.53. The summed E-state index contributed by atoms with van der Waals surface area (Å²) in [7, 11) is 5.58.